The molecule has 34 heavy (non-hydrogen) atoms. The zero-order chi connectivity index (χ0) is 24.4. The number of thiazole rings is 1. The Bertz CT molecular complexity index is 1410. The van der Waals surface area contributed by atoms with Gasteiger partial charge in [-0.2, -0.15) is 0 Å². The van der Waals surface area contributed by atoms with Crippen molar-refractivity contribution in [3.63, 3.8) is 0 Å². The van der Waals surface area contributed by atoms with Gasteiger partial charge in [-0.3, -0.25) is 13.9 Å². The number of hydrogen-bond donors (Lipinski definition) is 1. The van der Waals surface area contributed by atoms with Gasteiger partial charge in [0.25, 0.3) is 5.56 Å². The number of aromatic nitrogens is 3. The highest BCUT2D eigenvalue weighted by Crippen LogP contribution is 2.40. The van der Waals surface area contributed by atoms with E-state index in [9.17, 15) is 9.90 Å². The van der Waals surface area contributed by atoms with Gasteiger partial charge in [-0.05, 0) is 45.5 Å². The number of aryl methyl sites for hydroxylation is 2. The van der Waals surface area contributed by atoms with E-state index in [1.807, 2.05) is 32.9 Å². The van der Waals surface area contributed by atoms with Crippen molar-refractivity contribution in [3.8, 4) is 27.6 Å². The van der Waals surface area contributed by atoms with E-state index in [1.54, 1.807) is 0 Å². The molecule has 0 bridgehead atoms. The molecule has 174 valence electrons. The van der Waals surface area contributed by atoms with Crippen LogP contribution < -0.4 is 5.56 Å². The molecular formula is C26H26N4O2S2. The predicted octanol–water partition coefficient (Wildman–Crippen LogP) is 6.28. The molecule has 0 amide bonds. The molecule has 6 nitrogen and oxygen atoms in total. The summed E-state index contributed by atoms with van der Waals surface area (Å²) >= 11 is 6.81. The second kappa shape index (κ2) is 9.87. The second-order valence-electron chi connectivity index (χ2n) is 7.98. The van der Waals surface area contributed by atoms with Crippen LogP contribution in [0.1, 0.15) is 30.5 Å². The van der Waals surface area contributed by atoms with Crippen LogP contribution in [-0.2, 0) is 13.1 Å². The van der Waals surface area contributed by atoms with Crippen LogP contribution in [0, 0.1) is 18.6 Å². The summed E-state index contributed by atoms with van der Waals surface area (Å²) in [5, 5.41) is 11.2. The highest BCUT2D eigenvalue weighted by Gasteiger charge is 2.17. The van der Waals surface area contributed by atoms with Crippen molar-refractivity contribution in [1.29, 1.82) is 0 Å². The zero-order valence-electron chi connectivity index (χ0n) is 19.6. The van der Waals surface area contributed by atoms with Crippen LogP contribution in [0.15, 0.2) is 58.3 Å². The third kappa shape index (κ3) is 4.51. The smallest absolute Gasteiger partial charge is 0.267 e. The standard InChI is InChI=1S/C26H26N4O2S2/c1-5-29-23(31)20(24(32)30(6-2)26(29)33)15-27-25-28-21(18-11-7-16(3)8-12-18)22(34-25)19-13-9-17(4)10-14-19/h7-15,31H,5-6H2,1-4H3. The predicted molar refractivity (Wildman–Crippen MR) is 142 cm³/mol. The van der Waals surface area contributed by atoms with Gasteiger partial charge in [-0.1, -0.05) is 71.0 Å². The maximum Gasteiger partial charge on any atom is 0.267 e. The number of rotatable bonds is 6. The van der Waals surface area contributed by atoms with Crippen molar-refractivity contribution in [2.45, 2.75) is 40.8 Å². The summed E-state index contributed by atoms with van der Waals surface area (Å²) in [6.45, 7) is 8.66. The molecule has 0 aliphatic carbocycles. The summed E-state index contributed by atoms with van der Waals surface area (Å²) in [6, 6.07) is 16.5. The van der Waals surface area contributed by atoms with Gasteiger partial charge in [-0.25, -0.2) is 9.98 Å². The zero-order valence-corrected chi connectivity index (χ0v) is 21.2. The molecule has 2 aromatic heterocycles. The lowest BCUT2D eigenvalue weighted by Crippen LogP contribution is -2.27. The van der Waals surface area contributed by atoms with Gasteiger partial charge in [0, 0.05) is 24.9 Å². The molecule has 0 fully saturated rings. The summed E-state index contributed by atoms with van der Waals surface area (Å²) in [5.74, 6) is -0.181. The Labute approximate surface area is 207 Å². The van der Waals surface area contributed by atoms with Gasteiger partial charge in [-0.15, -0.1) is 0 Å². The first-order chi connectivity index (χ1) is 16.3. The normalized spacial score (nSPS) is 11.4. The summed E-state index contributed by atoms with van der Waals surface area (Å²) < 4.78 is 3.28. The van der Waals surface area contributed by atoms with Crippen molar-refractivity contribution in [3.05, 3.63) is 80.3 Å². The van der Waals surface area contributed by atoms with Crippen molar-refractivity contribution >= 4 is 34.9 Å². The highest BCUT2D eigenvalue weighted by molar-refractivity contribution is 7.71. The maximum absolute atomic E-state index is 12.9. The lowest BCUT2D eigenvalue weighted by atomic mass is 10.0. The SMILES string of the molecule is CCn1c(O)c(C=Nc2nc(-c3ccc(C)cc3)c(-c3ccc(C)cc3)s2)c(=O)n(CC)c1=S. The van der Waals surface area contributed by atoms with Gasteiger partial charge < -0.3 is 5.11 Å². The van der Waals surface area contributed by atoms with E-state index in [0.717, 1.165) is 21.7 Å². The van der Waals surface area contributed by atoms with Crippen LogP contribution in [0.3, 0.4) is 0 Å². The van der Waals surface area contributed by atoms with E-state index in [1.165, 1.54) is 37.8 Å². The third-order valence-electron chi connectivity index (χ3n) is 5.63. The molecule has 1 N–H and O–H groups in total. The first-order valence-electron chi connectivity index (χ1n) is 11.1. The Morgan fingerprint density at radius 2 is 1.53 bits per heavy atom. The van der Waals surface area contributed by atoms with E-state index in [-0.39, 0.29) is 17.0 Å². The molecule has 0 saturated heterocycles. The molecule has 0 aliphatic heterocycles. The number of hydrogen-bond acceptors (Lipinski definition) is 6. The van der Waals surface area contributed by atoms with Gasteiger partial charge in [0.2, 0.25) is 11.0 Å². The van der Waals surface area contributed by atoms with Crippen LogP contribution >= 0.6 is 23.6 Å². The van der Waals surface area contributed by atoms with Crippen LogP contribution in [0.25, 0.3) is 21.7 Å². The Morgan fingerprint density at radius 3 is 2.09 bits per heavy atom. The number of aromatic hydroxyl groups is 1. The van der Waals surface area contributed by atoms with Crippen LogP contribution in [0.5, 0.6) is 5.88 Å². The summed E-state index contributed by atoms with van der Waals surface area (Å²) in [4.78, 5) is 23.2. The average molecular weight is 491 g/mol. The first kappa shape index (κ1) is 23.8. The van der Waals surface area contributed by atoms with Crippen molar-refractivity contribution in [1.82, 2.24) is 14.1 Å². The lowest BCUT2D eigenvalue weighted by Gasteiger charge is -2.13. The molecule has 0 radical (unpaired) electrons. The summed E-state index contributed by atoms with van der Waals surface area (Å²) in [6.07, 6.45) is 1.39. The molecule has 4 rings (SSSR count). The number of aliphatic imine (C=N–C) groups is 1. The van der Waals surface area contributed by atoms with Gasteiger partial charge in [0.1, 0.15) is 5.56 Å². The maximum atomic E-state index is 12.9. The Morgan fingerprint density at radius 1 is 0.971 bits per heavy atom. The molecule has 2 heterocycles. The van der Waals surface area contributed by atoms with Gasteiger partial charge >= 0.3 is 0 Å². The Kier molecular flexibility index (Phi) is 6.90. The number of benzene rings is 2. The minimum Gasteiger partial charge on any atom is -0.494 e. The van der Waals surface area contributed by atoms with Gasteiger partial charge in [0.05, 0.1) is 10.6 Å². The molecule has 0 aliphatic rings. The molecule has 0 saturated carbocycles. The monoisotopic (exact) mass is 490 g/mol. The summed E-state index contributed by atoms with van der Waals surface area (Å²) in [7, 11) is 0. The fourth-order valence-corrected chi connectivity index (χ4v) is 5.04. The Hall–Kier alpha value is -3.36. The van der Waals surface area contributed by atoms with E-state index in [4.69, 9.17) is 17.2 Å². The van der Waals surface area contributed by atoms with Crippen LogP contribution in [-0.4, -0.2) is 25.4 Å². The van der Waals surface area contributed by atoms with Crippen LogP contribution in [0.2, 0.25) is 0 Å². The molecule has 0 unspecified atom stereocenters. The molecule has 0 spiro atoms. The average Bonchev–Trinajstić information content (AvgIpc) is 3.24. The fraction of sp³-hybridized carbons (Fsp3) is 0.231. The van der Waals surface area contributed by atoms with Crippen LogP contribution in [0.4, 0.5) is 5.13 Å². The van der Waals surface area contributed by atoms with E-state index in [2.05, 4.69) is 48.3 Å². The minimum atomic E-state index is -0.368. The summed E-state index contributed by atoms with van der Waals surface area (Å²) in [5.41, 5.74) is 4.96. The van der Waals surface area contributed by atoms with Crippen molar-refractivity contribution in [2.75, 3.05) is 0 Å². The quantitative estimate of drug-likeness (QED) is 0.255. The second-order valence-corrected chi connectivity index (χ2v) is 9.32. The topological polar surface area (TPSA) is 72.4 Å². The van der Waals surface area contributed by atoms with E-state index < -0.39 is 0 Å². The highest BCUT2D eigenvalue weighted by atomic mass is 32.1. The minimum absolute atomic E-state index is 0.0984. The molecular weight excluding hydrogens is 464 g/mol. The van der Waals surface area contributed by atoms with E-state index in [0.29, 0.717) is 23.0 Å². The number of nitrogens with zero attached hydrogens (tertiary/aromatic N) is 4. The molecule has 0 atom stereocenters. The van der Waals surface area contributed by atoms with Gasteiger partial charge in [0.15, 0.2) is 4.77 Å². The largest absolute Gasteiger partial charge is 0.494 e. The Balaban J connectivity index is 1.84. The molecule has 2 aromatic carbocycles. The third-order valence-corrected chi connectivity index (χ3v) is 7.08. The molecule has 8 heteroatoms. The van der Waals surface area contributed by atoms with Crippen molar-refractivity contribution in [2.24, 2.45) is 4.99 Å². The lowest BCUT2D eigenvalue weighted by molar-refractivity contribution is 0.399. The van der Waals surface area contributed by atoms with E-state index >= 15 is 0 Å². The molecule has 4 aromatic rings. The van der Waals surface area contributed by atoms with Crippen molar-refractivity contribution < 1.29 is 5.11 Å². The first-order valence-corrected chi connectivity index (χ1v) is 12.3. The fourth-order valence-electron chi connectivity index (χ4n) is 3.68.